The molecular weight excluding hydrogens is 176 g/mol. The van der Waals surface area contributed by atoms with Crippen LogP contribution in [0.1, 0.15) is 31.9 Å². The Morgan fingerprint density at radius 1 is 1.36 bits per heavy atom. The topological polar surface area (TPSA) is 29.5 Å². The maximum atomic E-state index is 9.86. The molecule has 1 unspecified atom stereocenters. The van der Waals surface area contributed by atoms with Crippen molar-refractivity contribution in [2.75, 3.05) is 7.11 Å². The second-order valence-corrected chi connectivity index (χ2v) is 3.92. The molecule has 1 rings (SSSR count). The average molecular weight is 194 g/mol. The summed E-state index contributed by atoms with van der Waals surface area (Å²) in [6.07, 6.45) is 0.401. The lowest BCUT2D eigenvalue weighted by molar-refractivity contribution is 0.150. The van der Waals surface area contributed by atoms with Crippen LogP contribution in [0.2, 0.25) is 0 Å². The van der Waals surface area contributed by atoms with Gasteiger partial charge in [0.05, 0.1) is 13.2 Å². The first-order valence-corrected chi connectivity index (χ1v) is 4.95. The van der Waals surface area contributed by atoms with Crippen molar-refractivity contribution in [2.45, 2.75) is 26.4 Å². The average Bonchev–Trinajstić information content (AvgIpc) is 2.17. The fourth-order valence-electron chi connectivity index (χ4n) is 1.43. The molecule has 0 saturated heterocycles. The first-order valence-electron chi connectivity index (χ1n) is 4.95. The Labute approximate surface area is 85.5 Å². The van der Waals surface area contributed by atoms with Gasteiger partial charge in [0, 0.05) is 0 Å². The smallest absolute Gasteiger partial charge is 0.119 e. The molecule has 0 heterocycles. The second kappa shape index (κ2) is 5.01. The highest BCUT2D eigenvalue weighted by Gasteiger charge is 2.09. The molecule has 0 bridgehead atoms. The normalized spacial score (nSPS) is 12.9. The van der Waals surface area contributed by atoms with Crippen molar-refractivity contribution in [2.24, 2.45) is 5.92 Å². The van der Waals surface area contributed by atoms with Gasteiger partial charge < -0.3 is 9.84 Å². The molecule has 0 saturated carbocycles. The van der Waals surface area contributed by atoms with E-state index >= 15 is 0 Å². The number of aliphatic hydroxyl groups excluding tert-OH is 1. The van der Waals surface area contributed by atoms with E-state index in [0.717, 1.165) is 17.7 Å². The van der Waals surface area contributed by atoms with Crippen LogP contribution in [0.5, 0.6) is 5.75 Å². The maximum absolute atomic E-state index is 9.86. The fraction of sp³-hybridized carbons (Fsp3) is 0.500. The van der Waals surface area contributed by atoms with Gasteiger partial charge in [-0.2, -0.15) is 0 Å². The Balaban J connectivity index is 2.73. The molecule has 2 heteroatoms. The number of rotatable bonds is 4. The number of hydrogen-bond donors (Lipinski definition) is 1. The molecule has 0 amide bonds. The summed E-state index contributed by atoms with van der Waals surface area (Å²) in [5.74, 6) is 1.29. The third-order valence-electron chi connectivity index (χ3n) is 2.17. The molecule has 0 fully saturated rings. The van der Waals surface area contributed by atoms with Gasteiger partial charge >= 0.3 is 0 Å². The molecule has 0 spiro atoms. The highest BCUT2D eigenvalue weighted by molar-refractivity contribution is 5.29. The first-order chi connectivity index (χ1) is 6.63. The van der Waals surface area contributed by atoms with Gasteiger partial charge in [0.1, 0.15) is 5.75 Å². The third kappa shape index (κ3) is 3.04. The summed E-state index contributed by atoms with van der Waals surface area (Å²) < 4.78 is 5.10. The van der Waals surface area contributed by atoms with Crippen molar-refractivity contribution in [1.82, 2.24) is 0 Å². The Hall–Kier alpha value is -1.02. The molecule has 78 valence electrons. The van der Waals surface area contributed by atoms with E-state index < -0.39 is 0 Å². The molecule has 0 aliphatic carbocycles. The van der Waals surface area contributed by atoms with Crippen molar-refractivity contribution in [3.63, 3.8) is 0 Å². The summed E-state index contributed by atoms with van der Waals surface area (Å²) in [4.78, 5) is 0. The zero-order chi connectivity index (χ0) is 10.6. The van der Waals surface area contributed by atoms with Crippen LogP contribution >= 0.6 is 0 Å². The summed E-state index contributed by atoms with van der Waals surface area (Å²) in [6.45, 7) is 4.20. The minimum absolute atomic E-state index is 0.384. The molecule has 1 aromatic carbocycles. The minimum atomic E-state index is -0.384. The van der Waals surface area contributed by atoms with Gasteiger partial charge in [0.25, 0.3) is 0 Å². The van der Waals surface area contributed by atoms with Crippen molar-refractivity contribution < 1.29 is 9.84 Å². The van der Waals surface area contributed by atoms with Crippen molar-refractivity contribution in [3.05, 3.63) is 29.8 Å². The van der Waals surface area contributed by atoms with Crippen LogP contribution in [-0.4, -0.2) is 12.2 Å². The van der Waals surface area contributed by atoms with E-state index in [9.17, 15) is 5.11 Å². The van der Waals surface area contributed by atoms with E-state index in [1.54, 1.807) is 7.11 Å². The molecular formula is C12H18O2. The second-order valence-electron chi connectivity index (χ2n) is 3.92. The summed E-state index contributed by atoms with van der Waals surface area (Å²) in [7, 11) is 1.63. The van der Waals surface area contributed by atoms with E-state index in [1.807, 2.05) is 24.3 Å². The van der Waals surface area contributed by atoms with Gasteiger partial charge in [-0.15, -0.1) is 0 Å². The number of benzene rings is 1. The van der Waals surface area contributed by atoms with E-state index in [-0.39, 0.29) is 6.10 Å². The molecule has 0 radical (unpaired) electrons. The molecule has 0 aromatic heterocycles. The predicted molar refractivity (Wildman–Crippen MR) is 57.4 cm³/mol. The molecule has 1 aromatic rings. The van der Waals surface area contributed by atoms with E-state index in [2.05, 4.69) is 13.8 Å². The number of methoxy groups -OCH3 is 1. The lowest BCUT2D eigenvalue weighted by Crippen LogP contribution is -2.01. The Bertz CT molecular complexity index is 281. The van der Waals surface area contributed by atoms with Crippen molar-refractivity contribution in [1.29, 1.82) is 0 Å². The lowest BCUT2D eigenvalue weighted by atomic mass is 9.99. The molecule has 0 aliphatic rings. The van der Waals surface area contributed by atoms with Crippen LogP contribution in [0.15, 0.2) is 24.3 Å². The summed E-state index contributed by atoms with van der Waals surface area (Å²) in [5.41, 5.74) is 0.929. The molecule has 1 atom stereocenters. The van der Waals surface area contributed by atoms with Gasteiger partial charge in [-0.25, -0.2) is 0 Å². The lowest BCUT2D eigenvalue weighted by Gasteiger charge is -2.13. The van der Waals surface area contributed by atoms with Crippen LogP contribution in [0.4, 0.5) is 0 Å². The quantitative estimate of drug-likeness (QED) is 0.798. The minimum Gasteiger partial charge on any atom is -0.497 e. The first kappa shape index (κ1) is 11.1. The molecule has 0 aliphatic heterocycles. The summed E-state index contributed by atoms with van der Waals surface area (Å²) in [6, 6.07) is 7.59. The fourth-order valence-corrected chi connectivity index (χ4v) is 1.43. The Morgan fingerprint density at radius 2 is 2.07 bits per heavy atom. The highest BCUT2D eigenvalue weighted by atomic mass is 16.5. The largest absolute Gasteiger partial charge is 0.497 e. The highest BCUT2D eigenvalue weighted by Crippen LogP contribution is 2.23. The van der Waals surface area contributed by atoms with Crippen LogP contribution in [0, 0.1) is 5.92 Å². The van der Waals surface area contributed by atoms with E-state index in [0.29, 0.717) is 5.92 Å². The van der Waals surface area contributed by atoms with Crippen LogP contribution in [0.3, 0.4) is 0 Å². The van der Waals surface area contributed by atoms with Gasteiger partial charge in [-0.3, -0.25) is 0 Å². The van der Waals surface area contributed by atoms with Crippen LogP contribution < -0.4 is 4.74 Å². The standard InChI is InChI=1S/C12H18O2/c1-9(2)7-12(13)10-5-4-6-11(8-10)14-3/h4-6,8-9,12-13H,7H2,1-3H3. The van der Waals surface area contributed by atoms with E-state index in [1.165, 1.54) is 0 Å². The summed E-state index contributed by atoms with van der Waals surface area (Å²) in [5, 5.41) is 9.86. The van der Waals surface area contributed by atoms with Crippen molar-refractivity contribution in [3.8, 4) is 5.75 Å². The Kier molecular flexibility index (Phi) is 3.96. The van der Waals surface area contributed by atoms with Gasteiger partial charge in [-0.1, -0.05) is 26.0 Å². The zero-order valence-electron chi connectivity index (χ0n) is 9.03. The van der Waals surface area contributed by atoms with Crippen LogP contribution in [-0.2, 0) is 0 Å². The van der Waals surface area contributed by atoms with Gasteiger partial charge in [0.2, 0.25) is 0 Å². The zero-order valence-corrected chi connectivity index (χ0v) is 9.03. The third-order valence-corrected chi connectivity index (χ3v) is 2.17. The number of hydrogen-bond acceptors (Lipinski definition) is 2. The Morgan fingerprint density at radius 3 is 2.64 bits per heavy atom. The van der Waals surface area contributed by atoms with Gasteiger partial charge in [-0.05, 0) is 30.0 Å². The molecule has 1 N–H and O–H groups in total. The number of ether oxygens (including phenoxy) is 1. The molecule has 14 heavy (non-hydrogen) atoms. The maximum Gasteiger partial charge on any atom is 0.119 e. The monoisotopic (exact) mass is 194 g/mol. The number of aliphatic hydroxyl groups is 1. The van der Waals surface area contributed by atoms with Gasteiger partial charge in [0.15, 0.2) is 0 Å². The summed E-state index contributed by atoms with van der Waals surface area (Å²) >= 11 is 0. The van der Waals surface area contributed by atoms with E-state index in [4.69, 9.17) is 4.74 Å². The predicted octanol–water partition coefficient (Wildman–Crippen LogP) is 2.77. The SMILES string of the molecule is COc1cccc(C(O)CC(C)C)c1. The van der Waals surface area contributed by atoms with Crippen LogP contribution in [0.25, 0.3) is 0 Å². The van der Waals surface area contributed by atoms with Crippen molar-refractivity contribution >= 4 is 0 Å². The molecule has 2 nitrogen and oxygen atoms in total.